The maximum Gasteiger partial charge on any atom is 1.00 e. The van der Waals surface area contributed by atoms with Crippen LogP contribution >= 0.6 is 34.9 Å². The van der Waals surface area contributed by atoms with Gasteiger partial charge in [0.15, 0.2) is 0 Å². The number of halogens is 2. The second-order valence-corrected chi connectivity index (χ2v) is 23.3. The molecule has 1 aromatic rings. The van der Waals surface area contributed by atoms with Crippen LogP contribution in [-0.2, 0) is 77.6 Å². The molecule has 1 rings (SSSR count). The van der Waals surface area contributed by atoms with Crippen LogP contribution in [0.15, 0.2) is 29.2 Å². The van der Waals surface area contributed by atoms with Gasteiger partial charge in [0, 0.05) is 50.2 Å². The van der Waals surface area contributed by atoms with Gasteiger partial charge in [-0.25, -0.2) is 16.8 Å². The summed E-state index contributed by atoms with van der Waals surface area (Å²) >= 11 is 8.37. The average Bonchev–Trinajstić information content (AvgIpc) is 3.13. The van der Waals surface area contributed by atoms with Crippen molar-refractivity contribution < 1.29 is 164 Å². The Bertz CT molecular complexity index is 1560. The van der Waals surface area contributed by atoms with E-state index in [1.54, 1.807) is 33.5 Å². The third-order valence-electron chi connectivity index (χ3n) is 6.17. The number of benzene rings is 1. The minimum absolute atomic E-state index is 0. The van der Waals surface area contributed by atoms with Crippen LogP contribution in [0.2, 0.25) is 6.04 Å². The summed E-state index contributed by atoms with van der Waals surface area (Å²) in [6.45, 7) is 5.74. The van der Waals surface area contributed by atoms with Gasteiger partial charge in [-0.3, -0.25) is 12.9 Å². The first kappa shape index (κ1) is 78.0. The molecular formula is C29H63Cl2Na3O17S6Si. The molecule has 0 heterocycles. The normalized spacial score (nSPS) is 11.1. The zero-order valence-corrected chi connectivity index (χ0v) is 49.4. The molecule has 0 unspecified atom stereocenters. The molecule has 0 atom stereocenters. The fraction of sp³-hybridized carbons (Fsp3) is 0.793. The molecule has 0 bridgehead atoms. The molecule has 1 N–H and O–H groups in total. The van der Waals surface area contributed by atoms with Crippen LogP contribution in [0.25, 0.3) is 0 Å². The molecule has 29 heteroatoms. The van der Waals surface area contributed by atoms with Crippen LogP contribution in [-0.4, -0.2) is 131 Å². The van der Waals surface area contributed by atoms with Gasteiger partial charge in [0.1, 0.15) is 0 Å². The van der Waals surface area contributed by atoms with Crippen molar-refractivity contribution in [3.05, 3.63) is 29.8 Å². The van der Waals surface area contributed by atoms with E-state index in [-0.39, 0.29) is 119 Å². The molecule has 1 aromatic carbocycles. The Morgan fingerprint density at radius 3 is 1.21 bits per heavy atom. The summed E-state index contributed by atoms with van der Waals surface area (Å²) in [5, 5.41) is 0. The van der Waals surface area contributed by atoms with Gasteiger partial charge in [0.05, 0.1) is 46.5 Å². The van der Waals surface area contributed by atoms with Crippen molar-refractivity contribution in [3.8, 4) is 0 Å². The second-order valence-electron chi connectivity index (χ2n) is 10.4. The maximum atomic E-state index is 11.1. The van der Waals surface area contributed by atoms with Crippen molar-refractivity contribution in [2.75, 3.05) is 70.7 Å². The molecule has 0 aliphatic rings. The molecule has 58 heavy (non-hydrogen) atoms. The van der Waals surface area contributed by atoms with Crippen LogP contribution < -0.4 is 88.7 Å². The Morgan fingerprint density at radius 1 is 0.655 bits per heavy atom. The minimum atomic E-state index is -3.99. The van der Waals surface area contributed by atoms with Gasteiger partial charge in [0.2, 0.25) is 0 Å². The van der Waals surface area contributed by atoms with E-state index in [1.165, 1.54) is 32.7 Å². The summed E-state index contributed by atoms with van der Waals surface area (Å²) in [6, 6.07) is 7.01. The van der Waals surface area contributed by atoms with Gasteiger partial charge in [-0.1, -0.05) is 52.2 Å². The third kappa shape index (κ3) is 55.0. The van der Waals surface area contributed by atoms with Crippen molar-refractivity contribution in [1.29, 1.82) is 0 Å². The molecule has 338 valence electrons. The van der Waals surface area contributed by atoms with E-state index < -0.39 is 58.3 Å². The molecular weight excluding hydrogens is 981 g/mol. The molecule has 0 saturated heterocycles. The van der Waals surface area contributed by atoms with Gasteiger partial charge in [0.25, 0.3) is 39.4 Å². The monoisotopic (exact) mass is 1040 g/mol. The van der Waals surface area contributed by atoms with Gasteiger partial charge in [-0.05, 0) is 55.6 Å². The van der Waals surface area contributed by atoms with Crippen LogP contribution in [0, 0.1) is 0 Å². The fourth-order valence-corrected chi connectivity index (χ4v) is 8.67. The number of alkyl halides is 1. The Labute approximate surface area is 435 Å². The van der Waals surface area contributed by atoms with Gasteiger partial charge in [-0.15, -0.1) is 11.6 Å². The van der Waals surface area contributed by atoms with Crippen molar-refractivity contribution in [1.82, 2.24) is 0 Å². The Balaban J connectivity index is -0.0000000665. The minimum Gasteiger partial charge on any atom is -1.00 e. The molecule has 0 saturated carbocycles. The van der Waals surface area contributed by atoms with Gasteiger partial charge in [-0.2, -0.15) is 37.9 Å². The van der Waals surface area contributed by atoms with E-state index in [2.05, 4.69) is 32.6 Å². The summed E-state index contributed by atoms with van der Waals surface area (Å²) < 4.78 is 146. The smallest absolute Gasteiger partial charge is 1.00 e. The van der Waals surface area contributed by atoms with Gasteiger partial charge < -0.3 is 20.7 Å². The van der Waals surface area contributed by atoms with E-state index in [1.807, 2.05) is 20.8 Å². The molecule has 0 amide bonds. The van der Waals surface area contributed by atoms with Crippen molar-refractivity contribution >= 4 is 93.2 Å². The summed E-state index contributed by atoms with van der Waals surface area (Å²) in [6.07, 6.45) is 6.93. The number of hydrogen-bond acceptors (Lipinski definition) is 17. The molecule has 0 aromatic heterocycles. The number of thiol groups is 1. The zero-order chi connectivity index (χ0) is 44.4. The predicted molar refractivity (Wildman–Crippen MR) is 225 cm³/mol. The predicted octanol–water partition coefficient (Wildman–Crippen LogP) is -3.82. The Hall–Kier alpha value is 2.84. The van der Waals surface area contributed by atoms with Crippen LogP contribution in [0.5, 0.6) is 0 Å². The first-order valence-electron chi connectivity index (χ1n) is 16.4. The average molecular weight is 1040 g/mol. The van der Waals surface area contributed by atoms with Crippen molar-refractivity contribution in [2.45, 2.75) is 83.1 Å². The SMILES string of the molecule is CCCCS(=O)(=O)O.CCCCS(=O)(=O)OC.CCCCS(=O)(=O)OC.CCl.CO[Si](CCc1ccc(S(=O)(=O)Cl)cc1)(OC)OC.O=S(=O)([O-])CCCS.[H-].[H-].[Na+].[Na+].[Na+]. The first-order valence-corrected chi connectivity index (χ1v) is 28.3. The van der Waals surface area contributed by atoms with Crippen molar-refractivity contribution in [3.63, 3.8) is 0 Å². The Kier molecular flexibility index (Phi) is 60.6. The molecule has 17 nitrogen and oxygen atoms in total. The van der Waals surface area contributed by atoms with E-state index in [9.17, 15) is 46.6 Å². The summed E-state index contributed by atoms with van der Waals surface area (Å²) in [5.74, 6) is 0.321. The summed E-state index contributed by atoms with van der Waals surface area (Å²) in [4.78, 5) is 0.0895. The van der Waals surface area contributed by atoms with E-state index in [0.29, 0.717) is 43.9 Å². The largest absolute Gasteiger partial charge is 1.00 e. The fourth-order valence-electron chi connectivity index (χ4n) is 3.05. The summed E-state index contributed by atoms with van der Waals surface area (Å²) in [7, 11) is -8.01. The van der Waals surface area contributed by atoms with E-state index >= 15 is 0 Å². The standard InChI is InChI=1S/C11H17ClO5SSi.2C5H12O3S.C4H10O3S.C3H8O3S2.CH3Cl.3Na.2H/c1-15-19(16-2,17-3)9-8-10-4-6-11(7-5-10)18(12,13)14;2*1-3-4-5-9(6,7)8-2;1-2-3-4-8(5,6)7;4-8(5,6)3-1-2-7;1-2;;;;;/h4-7H,8-9H2,1-3H3;2*3-5H2,1-2H3;2-4H2,1H3,(H,5,6,7);7H,1-3H2,(H,4,5,6);1H3;;;;;/q;;;;;;3*+1;2*-1/p-1. The van der Waals surface area contributed by atoms with Crippen LogP contribution in [0.1, 0.15) is 74.1 Å². The first-order chi connectivity index (χ1) is 25.2. The van der Waals surface area contributed by atoms with E-state index in [4.69, 9.17) is 28.5 Å². The number of hydrogen-bond donors (Lipinski definition) is 2. The summed E-state index contributed by atoms with van der Waals surface area (Å²) in [5.41, 5.74) is 0.965. The van der Waals surface area contributed by atoms with E-state index in [0.717, 1.165) is 24.8 Å². The molecule has 0 aliphatic carbocycles. The van der Waals surface area contributed by atoms with Crippen LogP contribution in [0.4, 0.5) is 0 Å². The molecule has 0 radical (unpaired) electrons. The number of aryl methyl sites for hydroxylation is 1. The zero-order valence-electron chi connectivity index (χ0n) is 37.9. The van der Waals surface area contributed by atoms with Crippen molar-refractivity contribution in [2.24, 2.45) is 0 Å². The maximum absolute atomic E-state index is 11.1. The molecule has 0 spiro atoms. The topological polar surface area (TPSA) is 260 Å². The second kappa shape index (κ2) is 45.0. The number of rotatable bonds is 21. The third-order valence-corrected chi connectivity index (χ3v) is 14.8. The quantitative estimate of drug-likeness (QED) is 0.0299. The Morgan fingerprint density at radius 2 is 1.00 bits per heavy atom. The number of unbranched alkanes of at least 4 members (excludes halogenated alkanes) is 3. The van der Waals surface area contributed by atoms with Crippen LogP contribution in [0.3, 0.4) is 0 Å². The molecule has 0 aliphatic heterocycles. The van der Waals surface area contributed by atoms with Gasteiger partial charge >= 0.3 is 97.5 Å². The molecule has 0 fully saturated rings.